The minimum Gasteiger partial charge on any atom is -0.507 e. The van der Waals surface area contributed by atoms with Crippen molar-refractivity contribution in [3.8, 4) is 11.5 Å². The van der Waals surface area contributed by atoms with Crippen LogP contribution in [0.1, 0.15) is 36.3 Å². The zero-order valence-electron chi connectivity index (χ0n) is 18.5. The van der Waals surface area contributed by atoms with E-state index >= 15 is 0 Å². The average Bonchev–Trinajstić information content (AvgIpc) is 3.45. The van der Waals surface area contributed by atoms with Gasteiger partial charge in [0, 0.05) is 11.1 Å². The van der Waals surface area contributed by atoms with E-state index in [0.29, 0.717) is 35.0 Å². The van der Waals surface area contributed by atoms with Crippen LogP contribution in [0.5, 0.6) is 11.5 Å². The van der Waals surface area contributed by atoms with Crippen molar-refractivity contribution in [3.05, 3.63) is 89.4 Å². The van der Waals surface area contributed by atoms with Crippen LogP contribution >= 0.6 is 0 Å². The molecule has 1 fully saturated rings. The molecule has 2 heterocycles. The third-order valence-electron chi connectivity index (χ3n) is 5.48. The second-order valence-electron chi connectivity index (χ2n) is 7.62. The highest BCUT2D eigenvalue weighted by molar-refractivity contribution is 6.46. The van der Waals surface area contributed by atoms with Gasteiger partial charge in [0.05, 0.1) is 38.1 Å². The van der Waals surface area contributed by atoms with Crippen molar-refractivity contribution in [1.82, 2.24) is 4.90 Å². The number of benzene rings is 2. The van der Waals surface area contributed by atoms with Gasteiger partial charge in [-0.25, -0.2) is 0 Å². The molecular weight excluding hydrogens is 422 g/mol. The van der Waals surface area contributed by atoms with Crippen molar-refractivity contribution in [1.29, 1.82) is 0 Å². The first-order chi connectivity index (χ1) is 16.0. The van der Waals surface area contributed by atoms with Crippen LogP contribution in [0.15, 0.2) is 76.9 Å². The van der Waals surface area contributed by atoms with Gasteiger partial charge < -0.3 is 23.9 Å². The van der Waals surface area contributed by atoms with Gasteiger partial charge in [0.15, 0.2) is 0 Å². The van der Waals surface area contributed by atoms with Crippen molar-refractivity contribution in [3.63, 3.8) is 0 Å². The molecule has 170 valence electrons. The second kappa shape index (κ2) is 9.65. The van der Waals surface area contributed by atoms with Gasteiger partial charge in [-0.1, -0.05) is 25.1 Å². The predicted octanol–water partition coefficient (Wildman–Crippen LogP) is 4.70. The van der Waals surface area contributed by atoms with Crippen LogP contribution < -0.4 is 9.47 Å². The molecule has 1 aliphatic rings. The summed E-state index contributed by atoms with van der Waals surface area (Å²) in [6.45, 7) is 2.66. The maximum Gasteiger partial charge on any atom is 0.296 e. The molecule has 1 atom stereocenters. The van der Waals surface area contributed by atoms with E-state index in [1.54, 1.807) is 60.7 Å². The Morgan fingerprint density at radius 2 is 1.82 bits per heavy atom. The highest BCUT2D eigenvalue weighted by atomic mass is 16.5. The summed E-state index contributed by atoms with van der Waals surface area (Å²) in [5.41, 5.74) is 1.00. The molecule has 7 nitrogen and oxygen atoms in total. The first-order valence-corrected chi connectivity index (χ1v) is 10.7. The molecule has 1 amide bonds. The van der Waals surface area contributed by atoms with Gasteiger partial charge in [0.2, 0.25) is 0 Å². The summed E-state index contributed by atoms with van der Waals surface area (Å²) < 4.78 is 16.5. The van der Waals surface area contributed by atoms with Crippen LogP contribution in [0, 0.1) is 0 Å². The lowest BCUT2D eigenvalue weighted by atomic mass is 9.94. The molecule has 0 aliphatic carbocycles. The molecule has 33 heavy (non-hydrogen) atoms. The molecule has 0 spiro atoms. The van der Waals surface area contributed by atoms with E-state index in [2.05, 4.69) is 0 Å². The summed E-state index contributed by atoms with van der Waals surface area (Å²) >= 11 is 0. The van der Waals surface area contributed by atoms with E-state index in [9.17, 15) is 14.7 Å². The fourth-order valence-electron chi connectivity index (χ4n) is 3.91. The van der Waals surface area contributed by atoms with E-state index in [1.165, 1.54) is 18.3 Å². The van der Waals surface area contributed by atoms with Gasteiger partial charge >= 0.3 is 0 Å². The van der Waals surface area contributed by atoms with E-state index in [4.69, 9.17) is 13.9 Å². The summed E-state index contributed by atoms with van der Waals surface area (Å²) in [5.74, 6) is -0.0495. The maximum absolute atomic E-state index is 13.1. The van der Waals surface area contributed by atoms with Crippen LogP contribution in [0.2, 0.25) is 0 Å². The number of hydrogen-bond donors (Lipinski definition) is 1. The Bertz CT molecular complexity index is 1160. The van der Waals surface area contributed by atoms with Gasteiger partial charge in [0.25, 0.3) is 11.7 Å². The number of ether oxygens (including phenoxy) is 2. The minimum absolute atomic E-state index is 0.00159. The van der Waals surface area contributed by atoms with Crippen LogP contribution in [-0.2, 0) is 16.1 Å². The molecule has 7 heteroatoms. The zero-order valence-corrected chi connectivity index (χ0v) is 18.5. The third kappa shape index (κ3) is 4.35. The number of carbonyl (C=O) groups is 2. The molecule has 0 radical (unpaired) electrons. The Hall–Kier alpha value is -4.00. The molecule has 4 rings (SSSR count). The van der Waals surface area contributed by atoms with Crippen LogP contribution in [-0.4, -0.2) is 35.4 Å². The van der Waals surface area contributed by atoms with E-state index in [0.717, 1.165) is 6.42 Å². The molecule has 1 aromatic heterocycles. The fourth-order valence-corrected chi connectivity index (χ4v) is 3.91. The SMILES string of the molecule is CCCOc1ccc(/C(O)=C2/C(=O)C(=O)N(Cc3ccco3)C2c2ccccc2OC)cc1. The molecule has 2 aromatic carbocycles. The molecular formula is C26H25NO6. The summed E-state index contributed by atoms with van der Waals surface area (Å²) in [5, 5.41) is 11.2. The number of likely N-dealkylation sites (tertiary alicyclic amines) is 1. The summed E-state index contributed by atoms with van der Waals surface area (Å²) in [6.07, 6.45) is 2.38. The molecule has 0 saturated carbocycles. The Balaban J connectivity index is 1.81. The number of nitrogens with zero attached hydrogens (tertiary/aromatic N) is 1. The van der Waals surface area contributed by atoms with Gasteiger partial charge in [-0.05, 0) is 48.9 Å². The Labute approximate surface area is 191 Å². The lowest BCUT2D eigenvalue weighted by Gasteiger charge is -2.25. The monoisotopic (exact) mass is 447 g/mol. The van der Waals surface area contributed by atoms with Gasteiger partial charge in [0.1, 0.15) is 23.0 Å². The Kier molecular flexibility index (Phi) is 6.49. The standard InChI is InChI=1S/C26H25NO6/c1-3-14-32-18-12-10-17(11-13-18)24(28)22-23(20-8-4-5-9-21(20)31-2)27(26(30)25(22)29)16-19-7-6-15-33-19/h4-13,15,23,28H,3,14,16H2,1-2H3/b24-22-. The van der Waals surface area contributed by atoms with Crippen molar-refractivity contribution in [2.45, 2.75) is 25.9 Å². The van der Waals surface area contributed by atoms with Crippen molar-refractivity contribution in [2.75, 3.05) is 13.7 Å². The molecule has 3 aromatic rings. The quantitative estimate of drug-likeness (QED) is 0.306. The number of carbonyl (C=O) groups excluding carboxylic acids is 2. The number of amides is 1. The smallest absolute Gasteiger partial charge is 0.296 e. The fraction of sp³-hybridized carbons (Fsp3) is 0.231. The third-order valence-corrected chi connectivity index (χ3v) is 5.48. The second-order valence-corrected chi connectivity index (χ2v) is 7.62. The number of hydrogen-bond acceptors (Lipinski definition) is 6. The topological polar surface area (TPSA) is 89.2 Å². The molecule has 1 aliphatic heterocycles. The first kappa shape index (κ1) is 22.2. The van der Waals surface area contributed by atoms with Crippen molar-refractivity contribution >= 4 is 17.4 Å². The van der Waals surface area contributed by atoms with Crippen molar-refractivity contribution in [2.24, 2.45) is 0 Å². The Morgan fingerprint density at radius 1 is 1.06 bits per heavy atom. The molecule has 1 unspecified atom stereocenters. The summed E-state index contributed by atoms with van der Waals surface area (Å²) in [7, 11) is 1.52. The lowest BCUT2D eigenvalue weighted by Crippen LogP contribution is -2.29. The maximum atomic E-state index is 13.1. The zero-order chi connectivity index (χ0) is 23.4. The first-order valence-electron chi connectivity index (χ1n) is 10.7. The van der Waals surface area contributed by atoms with E-state index in [1.807, 2.05) is 6.92 Å². The summed E-state index contributed by atoms with van der Waals surface area (Å²) in [4.78, 5) is 27.6. The predicted molar refractivity (Wildman–Crippen MR) is 122 cm³/mol. The highest BCUT2D eigenvalue weighted by Crippen LogP contribution is 2.43. The largest absolute Gasteiger partial charge is 0.507 e. The minimum atomic E-state index is -0.845. The molecule has 1 N–H and O–H groups in total. The summed E-state index contributed by atoms with van der Waals surface area (Å²) in [6, 6.07) is 16.5. The van der Waals surface area contributed by atoms with Crippen LogP contribution in [0.25, 0.3) is 5.76 Å². The van der Waals surface area contributed by atoms with E-state index in [-0.39, 0.29) is 17.9 Å². The number of furan rings is 1. The van der Waals surface area contributed by atoms with Crippen LogP contribution in [0.4, 0.5) is 0 Å². The number of rotatable bonds is 8. The number of aliphatic hydroxyl groups excluding tert-OH is 1. The number of methoxy groups -OCH3 is 1. The molecule has 1 saturated heterocycles. The van der Waals surface area contributed by atoms with Gasteiger partial charge in [-0.3, -0.25) is 9.59 Å². The number of para-hydroxylation sites is 1. The average molecular weight is 447 g/mol. The van der Waals surface area contributed by atoms with Gasteiger partial charge in [-0.15, -0.1) is 0 Å². The Morgan fingerprint density at radius 3 is 2.48 bits per heavy atom. The van der Waals surface area contributed by atoms with Crippen LogP contribution in [0.3, 0.4) is 0 Å². The van der Waals surface area contributed by atoms with Gasteiger partial charge in [-0.2, -0.15) is 0 Å². The van der Waals surface area contributed by atoms with Crippen molar-refractivity contribution < 1.29 is 28.6 Å². The normalized spacial score (nSPS) is 17.4. The number of aliphatic hydroxyl groups is 1. The molecule has 0 bridgehead atoms. The highest BCUT2D eigenvalue weighted by Gasteiger charge is 2.47. The van der Waals surface area contributed by atoms with E-state index < -0.39 is 17.7 Å². The number of Topliss-reactive ketones (excluding diaryl/α,β-unsaturated/α-hetero) is 1. The number of ketones is 1. The lowest BCUT2D eigenvalue weighted by molar-refractivity contribution is -0.140.